The number of allylic oxidation sites excluding steroid dienone is 5. The summed E-state index contributed by atoms with van der Waals surface area (Å²) in [6, 6.07) is 15.5. The molecule has 41 heavy (non-hydrogen) atoms. The van der Waals surface area contributed by atoms with Gasteiger partial charge in [-0.05, 0) is 73.4 Å². The number of amides is 2. The van der Waals surface area contributed by atoms with E-state index in [4.69, 9.17) is 18.9 Å². The number of carbonyl (C=O) groups excluding carboxylic acids is 2. The fraction of sp³-hybridized carbons (Fsp3) is 0.273. The molecule has 8 heteroatoms. The molecule has 2 unspecified atom stereocenters. The molecule has 1 saturated heterocycles. The number of para-hydroxylation sites is 1. The molecule has 1 aliphatic heterocycles. The highest BCUT2D eigenvalue weighted by Crippen LogP contribution is 2.33. The van der Waals surface area contributed by atoms with Gasteiger partial charge in [0.05, 0.1) is 20.3 Å². The van der Waals surface area contributed by atoms with Gasteiger partial charge in [0.25, 0.3) is 5.91 Å². The largest absolute Gasteiger partial charge is 0.497 e. The summed E-state index contributed by atoms with van der Waals surface area (Å²) in [5.74, 6) is 1.06. The first kappa shape index (κ1) is 28.0. The number of carbonyl (C=O) groups is 2. The molecule has 2 aromatic rings. The van der Waals surface area contributed by atoms with Crippen LogP contribution in [-0.4, -0.2) is 50.9 Å². The molecule has 0 aromatic heterocycles. The monoisotopic (exact) mass is 554 g/mol. The van der Waals surface area contributed by atoms with E-state index in [0.717, 1.165) is 45.5 Å². The van der Waals surface area contributed by atoms with Gasteiger partial charge in [0.1, 0.15) is 11.5 Å². The number of hydrogen-bond acceptors (Lipinski definition) is 7. The molecule has 0 bridgehead atoms. The molecule has 1 heterocycles. The highest BCUT2D eigenvalue weighted by Gasteiger charge is 2.36. The van der Waals surface area contributed by atoms with Gasteiger partial charge in [-0.1, -0.05) is 42.5 Å². The Labute approximate surface area is 240 Å². The van der Waals surface area contributed by atoms with Gasteiger partial charge < -0.3 is 23.8 Å². The van der Waals surface area contributed by atoms with E-state index < -0.39 is 12.0 Å². The fourth-order valence-corrected chi connectivity index (χ4v) is 5.07. The van der Waals surface area contributed by atoms with Crippen LogP contribution in [0.4, 0.5) is 10.5 Å². The fourth-order valence-electron chi connectivity index (χ4n) is 5.07. The average molecular weight is 555 g/mol. The van der Waals surface area contributed by atoms with Gasteiger partial charge in [-0.3, -0.25) is 4.79 Å². The number of nitrogens with zero attached hydrogens (tertiary/aromatic N) is 2. The third-order valence-electron chi connectivity index (χ3n) is 7.34. The van der Waals surface area contributed by atoms with Crippen LogP contribution in [0.3, 0.4) is 0 Å². The van der Waals surface area contributed by atoms with E-state index in [1.54, 1.807) is 27.4 Å². The third kappa shape index (κ3) is 6.28. The first-order valence-corrected chi connectivity index (χ1v) is 13.6. The van der Waals surface area contributed by atoms with Crippen LogP contribution in [0.2, 0.25) is 0 Å². The van der Waals surface area contributed by atoms with Gasteiger partial charge in [0, 0.05) is 36.7 Å². The molecule has 0 radical (unpaired) electrons. The summed E-state index contributed by atoms with van der Waals surface area (Å²) in [4.78, 5) is 28.9. The van der Waals surface area contributed by atoms with Crippen molar-refractivity contribution >= 4 is 17.7 Å². The number of cyclic esters (lactones) is 1. The Morgan fingerprint density at radius 2 is 1.66 bits per heavy atom. The normalized spacial score (nSPS) is 21.0. The second kappa shape index (κ2) is 12.7. The first-order valence-electron chi connectivity index (χ1n) is 13.6. The maximum Gasteiger partial charge on any atom is 0.422 e. The smallest absolute Gasteiger partial charge is 0.422 e. The minimum atomic E-state index is -0.650. The molecule has 3 aliphatic rings. The summed E-state index contributed by atoms with van der Waals surface area (Å²) in [6.45, 7) is 0.212. The highest BCUT2D eigenvalue weighted by atomic mass is 16.6. The number of hydrogen-bond donors (Lipinski definition) is 0. The average Bonchev–Trinajstić information content (AvgIpc) is 3.28. The second-order valence-electron chi connectivity index (χ2n) is 9.84. The Balaban J connectivity index is 1.29. The van der Waals surface area contributed by atoms with Crippen molar-refractivity contribution in [1.29, 1.82) is 0 Å². The summed E-state index contributed by atoms with van der Waals surface area (Å²) in [6.07, 6.45) is 15.5. The topological polar surface area (TPSA) is 77.5 Å². The minimum Gasteiger partial charge on any atom is -0.497 e. The zero-order valence-corrected chi connectivity index (χ0v) is 23.5. The summed E-state index contributed by atoms with van der Waals surface area (Å²) in [5, 5.41) is 0. The maximum absolute atomic E-state index is 13.0. The van der Waals surface area contributed by atoms with E-state index in [9.17, 15) is 9.59 Å². The third-order valence-corrected chi connectivity index (χ3v) is 7.34. The van der Waals surface area contributed by atoms with Crippen LogP contribution in [0.1, 0.15) is 18.4 Å². The second-order valence-corrected chi connectivity index (χ2v) is 9.84. The number of ether oxygens (including phenoxy) is 4. The van der Waals surface area contributed by atoms with Gasteiger partial charge in [0.2, 0.25) is 0 Å². The summed E-state index contributed by atoms with van der Waals surface area (Å²) >= 11 is 0. The molecule has 0 spiro atoms. The van der Waals surface area contributed by atoms with E-state index in [1.165, 1.54) is 0 Å². The molecule has 2 aromatic carbocycles. The van der Waals surface area contributed by atoms with Crippen LogP contribution in [0.25, 0.3) is 0 Å². The Morgan fingerprint density at radius 3 is 2.29 bits per heavy atom. The van der Waals surface area contributed by atoms with Crippen LogP contribution in [0.5, 0.6) is 11.5 Å². The molecule has 8 nitrogen and oxygen atoms in total. The van der Waals surface area contributed by atoms with Crippen molar-refractivity contribution in [1.82, 2.24) is 4.90 Å². The van der Waals surface area contributed by atoms with E-state index in [0.29, 0.717) is 12.8 Å². The van der Waals surface area contributed by atoms with E-state index in [1.807, 2.05) is 60.7 Å². The Kier molecular flexibility index (Phi) is 8.70. The van der Waals surface area contributed by atoms with Crippen molar-refractivity contribution in [2.45, 2.75) is 25.4 Å². The SMILES string of the molecule is COc1ccc(N(C2=CCC(/C=C3/OC(=O)N(CCc4ccccc4OC)C3=O)C=C2)C2=CCC(OC)C=C2)cc1. The quantitative estimate of drug-likeness (QED) is 0.337. The predicted molar refractivity (Wildman–Crippen MR) is 156 cm³/mol. The molecule has 5 rings (SSSR count). The van der Waals surface area contributed by atoms with Crippen LogP contribution in [0, 0.1) is 5.92 Å². The van der Waals surface area contributed by atoms with Crippen LogP contribution in [0.15, 0.2) is 108 Å². The first-order chi connectivity index (χ1) is 20.0. The van der Waals surface area contributed by atoms with Crippen molar-refractivity contribution in [3.05, 3.63) is 114 Å². The predicted octanol–water partition coefficient (Wildman–Crippen LogP) is 5.93. The van der Waals surface area contributed by atoms with E-state index >= 15 is 0 Å². The number of methoxy groups -OCH3 is 3. The van der Waals surface area contributed by atoms with Crippen LogP contribution >= 0.6 is 0 Å². The number of rotatable bonds is 10. The van der Waals surface area contributed by atoms with Gasteiger partial charge in [-0.2, -0.15) is 0 Å². The van der Waals surface area contributed by atoms with Crippen molar-refractivity contribution in [2.75, 3.05) is 32.8 Å². The number of benzene rings is 2. The summed E-state index contributed by atoms with van der Waals surface area (Å²) < 4.78 is 21.6. The molecule has 2 atom stereocenters. The van der Waals surface area contributed by atoms with Gasteiger partial charge in [0.15, 0.2) is 5.76 Å². The van der Waals surface area contributed by atoms with Gasteiger partial charge >= 0.3 is 6.09 Å². The van der Waals surface area contributed by atoms with Crippen molar-refractivity contribution < 1.29 is 28.5 Å². The van der Waals surface area contributed by atoms with Crippen molar-refractivity contribution in [3.63, 3.8) is 0 Å². The molecular formula is C33H34N2O6. The standard InChI is InChI=1S/C33H34N2O6/c1-38-28-16-12-26(13-17-28)35(27-14-18-29(39-2)19-15-27)25-10-8-23(9-11-25)22-31-32(36)34(33(37)41-31)21-20-24-6-4-5-7-30(24)40-3/h4-8,10-18,22-23,29H,9,19-21H2,1-3H3/b31-22+. The maximum atomic E-state index is 13.0. The molecule has 0 N–H and O–H groups in total. The van der Waals surface area contributed by atoms with Crippen LogP contribution < -0.4 is 14.4 Å². The van der Waals surface area contributed by atoms with Crippen LogP contribution in [-0.2, 0) is 20.7 Å². The lowest BCUT2D eigenvalue weighted by molar-refractivity contribution is -0.123. The minimum absolute atomic E-state index is 0.0595. The number of anilines is 1. The Hall–Kier alpha value is -4.56. The number of imide groups is 1. The lowest BCUT2D eigenvalue weighted by Crippen LogP contribution is -2.31. The zero-order valence-electron chi connectivity index (χ0n) is 23.5. The lowest BCUT2D eigenvalue weighted by atomic mass is 9.97. The molecular weight excluding hydrogens is 520 g/mol. The highest BCUT2D eigenvalue weighted by molar-refractivity contribution is 6.07. The van der Waals surface area contributed by atoms with Gasteiger partial charge in [-0.15, -0.1) is 0 Å². The molecule has 212 valence electrons. The summed E-state index contributed by atoms with van der Waals surface area (Å²) in [7, 11) is 4.96. The zero-order chi connectivity index (χ0) is 28.8. The lowest BCUT2D eigenvalue weighted by Gasteiger charge is -2.31. The molecule has 2 amide bonds. The summed E-state index contributed by atoms with van der Waals surface area (Å²) in [5.41, 5.74) is 3.96. The molecule has 1 fully saturated rings. The van der Waals surface area contributed by atoms with E-state index in [2.05, 4.69) is 29.2 Å². The Morgan fingerprint density at radius 1 is 0.927 bits per heavy atom. The molecule has 2 aliphatic carbocycles. The van der Waals surface area contributed by atoms with E-state index in [-0.39, 0.29) is 24.3 Å². The molecule has 0 saturated carbocycles. The van der Waals surface area contributed by atoms with Crippen molar-refractivity contribution in [3.8, 4) is 11.5 Å². The van der Waals surface area contributed by atoms with Gasteiger partial charge in [-0.25, -0.2) is 9.69 Å². The van der Waals surface area contributed by atoms with Crippen molar-refractivity contribution in [2.24, 2.45) is 5.92 Å². The Bertz CT molecular complexity index is 1440.